The summed E-state index contributed by atoms with van der Waals surface area (Å²) in [5.41, 5.74) is -1.55. The molecule has 0 aliphatic rings. The summed E-state index contributed by atoms with van der Waals surface area (Å²) in [4.78, 5) is 7.89. The molecule has 0 bridgehead atoms. The summed E-state index contributed by atoms with van der Waals surface area (Å²) in [5, 5.41) is 0. The highest BCUT2D eigenvalue weighted by Crippen LogP contribution is 2.42. The van der Waals surface area contributed by atoms with Crippen molar-refractivity contribution in [3.63, 3.8) is 0 Å². The molecule has 0 aromatic carbocycles. The van der Waals surface area contributed by atoms with Crippen molar-refractivity contribution in [2.75, 3.05) is 5.88 Å². The van der Waals surface area contributed by atoms with Crippen LogP contribution in [0.1, 0.15) is 0 Å². The van der Waals surface area contributed by atoms with E-state index in [1.54, 1.807) is 0 Å². The van der Waals surface area contributed by atoms with Crippen LogP contribution < -0.4 is 0 Å². The van der Waals surface area contributed by atoms with Gasteiger partial charge in [-0.2, -0.15) is 0 Å². The average Bonchev–Trinajstić information content (AvgIpc) is 2.04. The minimum Gasteiger partial charge on any atom is -0.296 e. The van der Waals surface area contributed by atoms with E-state index < -0.39 is 25.7 Å². The third-order valence-electron chi connectivity index (χ3n) is 1.66. The molecule has 0 saturated heterocycles. The normalized spacial score (nSPS) is 13.0. The van der Waals surface area contributed by atoms with Crippen LogP contribution >= 0.6 is 81.2 Å². The van der Waals surface area contributed by atoms with Crippen LogP contribution in [0.4, 0.5) is 0 Å². The zero-order chi connectivity index (χ0) is 11.5. The van der Waals surface area contributed by atoms with Crippen LogP contribution in [0.2, 0.25) is 0 Å². The Kier molecular flexibility index (Phi) is 7.22. The van der Waals surface area contributed by atoms with E-state index in [9.17, 15) is 4.79 Å². The first-order valence-electron chi connectivity index (χ1n) is 3.25. The van der Waals surface area contributed by atoms with Crippen molar-refractivity contribution in [2.45, 2.75) is 14.5 Å². The van der Waals surface area contributed by atoms with Crippen LogP contribution in [-0.4, -0.2) is 26.2 Å². The SMILES string of the molecule is O=C(C(Cl)Cl)C(CCl)(C(Cl)Cl)C(Cl)Cl. The molecule has 0 N–H and O–H groups in total. The van der Waals surface area contributed by atoms with E-state index in [4.69, 9.17) is 81.2 Å². The molecule has 0 saturated carbocycles. The van der Waals surface area contributed by atoms with Crippen molar-refractivity contribution >= 4 is 87.0 Å². The van der Waals surface area contributed by atoms with Gasteiger partial charge in [-0.1, -0.05) is 23.2 Å². The quantitative estimate of drug-likeness (QED) is 0.685. The summed E-state index contributed by atoms with van der Waals surface area (Å²) in [6, 6.07) is 0. The lowest BCUT2D eigenvalue weighted by Gasteiger charge is -2.32. The van der Waals surface area contributed by atoms with Crippen LogP contribution in [0, 0.1) is 5.41 Å². The highest BCUT2D eigenvalue weighted by Gasteiger charge is 2.50. The maximum absolute atomic E-state index is 11.6. The second-order valence-corrected chi connectivity index (χ2v) is 6.00. The summed E-state index contributed by atoms with van der Waals surface area (Å²) < 4.78 is 0. The van der Waals surface area contributed by atoms with Gasteiger partial charge in [-0.05, 0) is 0 Å². The fraction of sp³-hybridized carbons (Fsp3) is 0.833. The van der Waals surface area contributed by atoms with E-state index in [-0.39, 0.29) is 5.88 Å². The maximum Gasteiger partial charge on any atom is 0.178 e. The van der Waals surface area contributed by atoms with Gasteiger partial charge in [0.25, 0.3) is 0 Å². The molecule has 0 aromatic heterocycles. The molecular weight excluding hydrogens is 336 g/mol. The van der Waals surface area contributed by atoms with Gasteiger partial charge in [0.15, 0.2) is 10.6 Å². The van der Waals surface area contributed by atoms with Gasteiger partial charge in [-0.15, -0.1) is 58.0 Å². The van der Waals surface area contributed by atoms with Gasteiger partial charge >= 0.3 is 0 Å². The highest BCUT2D eigenvalue weighted by atomic mass is 35.5. The predicted octanol–water partition coefficient (Wildman–Crippen LogP) is 4.19. The number of carbonyl (C=O) groups excluding carboxylic acids is 1. The first-order chi connectivity index (χ1) is 6.30. The summed E-state index contributed by atoms with van der Waals surface area (Å²) in [6.45, 7) is 0. The number of alkyl halides is 7. The Bertz CT molecular complexity index is 194. The number of rotatable bonds is 5. The van der Waals surface area contributed by atoms with E-state index in [1.807, 2.05) is 0 Å². The zero-order valence-corrected chi connectivity index (χ0v) is 11.8. The van der Waals surface area contributed by atoms with Gasteiger partial charge in [-0.3, -0.25) is 4.79 Å². The van der Waals surface area contributed by atoms with Crippen molar-refractivity contribution in [1.29, 1.82) is 0 Å². The van der Waals surface area contributed by atoms with E-state index in [0.717, 1.165) is 0 Å². The van der Waals surface area contributed by atoms with Crippen LogP contribution in [0.15, 0.2) is 0 Å². The number of hydrogen-bond acceptors (Lipinski definition) is 1. The van der Waals surface area contributed by atoms with Crippen LogP contribution in [0.25, 0.3) is 0 Å². The van der Waals surface area contributed by atoms with Gasteiger partial charge in [0.2, 0.25) is 0 Å². The Morgan fingerprint density at radius 3 is 1.43 bits per heavy atom. The largest absolute Gasteiger partial charge is 0.296 e. The molecule has 0 heterocycles. The molecule has 0 spiro atoms. The van der Waals surface area contributed by atoms with Gasteiger partial charge < -0.3 is 0 Å². The summed E-state index contributed by atoms with van der Waals surface area (Å²) in [6.07, 6.45) is 0. The molecule has 84 valence electrons. The molecule has 0 rings (SSSR count). The van der Waals surface area contributed by atoms with Crippen molar-refractivity contribution in [2.24, 2.45) is 5.41 Å². The second-order valence-electron chi connectivity index (χ2n) is 2.44. The lowest BCUT2D eigenvalue weighted by atomic mass is 9.90. The van der Waals surface area contributed by atoms with Crippen molar-refractivity contribution < 1.29 is 4.79 Å². The third-order valence-corrected chi connectivity index (χ3v) is 4.05. The van der Waals surface area contributed by atoms with Crippen LogP contribution in [-0.2, 0) is 4.79 Å². The fourth-order valence-corrected chi connectivity index (χ4v) is 3.36. The monoisotopic (exact) mass is 338 g/mol. The average molecular weight is 341 g/mol. The molecule has 0 atom stereocenters. The van der Waals surface area contributed by atoms with E-state index in [0.29, 0.717) is 0 Å². The number of carbonyl (C=O) groups is 1. The molecule has 0 unspecified atom stereocenters. The highest BCUT2D eigenvalue weighted by molar-refractivity contribution is 6.58. The van der Waals surface area contributed by atoms with E-state index in [2.05, 4.69) is 0 Å². The van der Waals surface area contributed by atoms with Gasteiger partial charge in [0.1, 0.15) is 15.1 Å². The Labute approximate surface area is 117 Å². The number of Topliss-reactive ketones (excluding diaryl/α,β-unsaturated/α-hetero) is 1. The Morgan fingerprint density at radius 1 is 1.00 bits per heavy atom. The Hall–Kier alpha value is 1.70. The molecule has 1 nitrogen and oxygen atoms in total. The Morgan fingerprint density at radius 2 is 1.36 bits per heavy atom. The van der Waals surface area contributed by atoms with Crippen molar-refractivity contribution in [3.8, 4) is 0 Å². The molecule has 14 heavy (non-hydrogen) atoms. The molecule has 0 aliphatic heterocycles. The van der Waals surface area contributed by atoms with Crippen LogP contribution in [0.5, 0.6) is 0 Å². The number of halogens is 7. The summed E-state index contributed by atoms with van der Waals surface area (Å²) in [5.74, 6) is -0.960. The Balaban J connectivity index is 5.15. The molecule has 0 aromatic rings. The van der Waals surface area contributed by atoms with Crippen LogP contribution in [0.3, 0.4) is 0 Å². The van der Waals surface area contributed by atoms with Gasteiger partial charge in [0.05, 0.1) is 0 Å². The van der Waals surface area contributed by atoms with Gasteiger partial charge in [0, 0.05) is 5.88 Å². The van der Waals surface area contributed by atoms with E-state index >= 15 is 0 Å². The topological polar surface area (TPSA) is 17.1 Å². The summed E-state index contributed by atoms with van der Waals surface area (Å²) >= 11 is 38.8. The molecular formula is C6H5Cl7O. The lowest BCUT2D eigenvalue weighted by molar-refractivity contribution is -0.124. The molecule has 0 amide bonds. The molecule has 0 aliphatic carbocycles. The molecule has 0 radical (unpaired) electrons. The number of ketones is 1. The predicted molar refractivity (Wildman–Crippen MR) is 64.6 cm³/mol. The van der Waals surface area contributed by atoms with Crippen molar-refractivity contribution in [1.82, 2.24) is 0 Å². The summed E-state index contributed by atoms with van der Waals surface area (Å²) in [7, 11) is 0. The van der Waals surface area contributed by atoms with Gasteiger partial charge in [-0.25, -0.2) is 0 Å². The minimum absolute atomic E-state index is 0.267. The standard InChI is InChI=1S/C6H5Cl7O/c7-1-6(4(10)11,5(12)13)2(14)3(8)9/h3-5H,1H2. The zero-order valence-electron chi connectivity index (χ0n) is 6.49. The van der Waals surface area contributed by atoms with E-state index in [1.165, 1.54) is 0 Å². The molecule has 8 heteroatoms. The first-order valence-corrected chi connectivity index (χ1v) is 6.40. The maximum atomic E-state index is 11.6. The first kappa shape index (κ1) is 15.7. The smallest absolute Gasteiger partial charge is 0.178 e. The number of hydrogen-bond donors (Lipinski definition) is 0. The van der Waals surface area contributed by atoms with Crippen molar-refractivity contribution in [3.05, 3.63) is 0 Å². The lowest BCUT2D eigenvalue weighted by Crippen LogP contribution is -2.47. The molecule has 0 fully saturated rings. The third kappa shape index (κ3) is 3.10. The fourth-order valence-electron chi connectivity index (χ4n) is 0.696. The second kappa shape index (κ2) is 6.44. The minimum atomic E-state index is -1.55.